The Hall–Kier alpha value is -2.28. The number of benzene rings is 1. The summed E-state index contributed by atoms with van der Waals surface area (Å²) < 4.78 is 1.48. The average Bonchev–Trinajstić information content (AvgIpc) is 3.00. The summed E-state index contributed by atoms with van der Waals surface area (Å²) in [6.45, 7) is 4.02. The molecule has 21 heavy (non-hydrogen) atoms. The van der Waals surface area contributed by atoms with Gasteiger partial charge in [0.2, 0.25) is 0 Å². The third-order valence-electron chi connectivity index (χ3n) is 3.03. The average molecular weight is 289 g/mol. The number of nitrogens with one attached hydrogen (secondary N) is 1. The van der Waals surface area contributed by atoms with Gasteiger partial charge in [-0.15, -0.1) is 5.10 Å². The van der Waals surface area contributed by atoms with Gasteiger partial charge in [0, 0.05) is 5.56 Å². The largest absolute Gasteiger partial charge is 0.394 e. The summed E-state index contributed by atoms with van der Waals surface area (Å²) in [6, 6.07) is 6.75. The SMILES string of the molecule is CC(C)CC(CO)NC(=O)c1cccc(-n2cnnn2)c1. The van der Waals surface area contributed by atoms with Crippen molar-refractivity contribution < 1.29 is 9.90 Å². The van der Waals surface area contributed by atoms with Crippen LogP contribution in [0, 0.1) is 5.92 Å². The van der Waals surface area contributed by atoms with Crippen molar-refractivity contribution in [2.45, 2.75) is 26.3 Å². The van der Waals surface area contributed by atoms with Crippen molar-refractivity contribution in [2.75, 3.05) is 6.61 Å². The first-order valence-corrected chi connectivity index (χ1v) is 6.85. The third kappa shape index (κ3) is 4.09. The monoisotopic (exact) mass is 289 g/mol. The number of aromatic nitrogens is 4. The molecule has 0 saturated carbocycles. The smallest absolute Gasteiger partial charge is 0.251 e. The van der Waals surface area contributed by atoms with Crippen LogP contribution in [0.25, 0.3) is 5.69 Å². The number of carbonyl (C=O) groups excluding carboxylic acids is 1. The molecule has 1 atom stereocenters. The Morgan fingerprint density at radius 1 is 1.43 bits per heavy atom. The summed E-state index contributed by atoms with van der Waals surface area (Å²) in [5, 5.41) is 23.1. The summed E-state index contributed by atoms with van der Waals surface area (Å²) in [4.78, 5) is 12.2. The van der Waals surface area contributed by atoms with Crippen molar-refractivity contribution in [3.05, 3.63) is 36.2 Å². The quantitative estimate of drug-likeness (QED) is 0.820. The summed E-state index contributed by atoms with van der Waals surface area (Å²) in [5.41, 5.74) is 1.21. The van der Waals surface area contributed by atoms with Crippen LogP contribution in [0.2, 0.25) is 0 Å². The van der Waals surface area contributed by atoms with Crippen LogP contribution in [-0.4, -0.2) is 43.9 Å². The Labute approximate surface area is 123 Å². The van der Waals surface area contributed by atoms with Crippen LogP contribution >= 0.6 is 0 Å². The van der Waals surface area contributed by atoms with Crippen LogP contribution in [0.5, 0.6) is 0 Å². The predicted octanol–water partition coefficient (Wildman–Crippen LogP) is 0.799. The molecule has 1 amide bonds. The molecule has 7 heteroatoms. The fourth-order valence-corrected chi connectivity index (χ4v) is 2.09. The molecule has 0 aliphatic rings. The molecule has 1 heterocycles. The number of aliphatic hydroxyl groups is 1. The van der Waals surface area contributed by atoms with E-state index in [1.807, 2.05) is 19.9 Å². The highest BCUT2D eigenvalue weighted by molar-refractivity contribution is 5.94. The van der Waals surface area contributed by atoms with Crippen LogP contribution in [0.4, 0.5) is 0 Å². The molecule has 2 rings (SSSR count). The maximum atomic E-state index is 12.2. The summed E-state index contributed by atoms with van der Waals surface area (Å²) in [7, 11) is 0. The number of hydrogen-bond acceptors (Lipinski definition) is 5. The first-order chi connectivity index (χ1) is 10.1. The van der Waals surface area contributed by atoms with Crippen LogP contribution in [0.15, 0.2) is 30.6 Å². The number of tetrazole rings is 1. The second-order valence-corrected chi connectivity index (χ2v) is 5.29. The zero-order chi connectivity index (χ0) is 15.2. The van der Waals surface area contributed by atoms with Gasteiger partial charge >= 0.3 is 0 Å². The minimum Gasteiger partial charge on any atom is -0.394 e. The van der Waals surface area contributed by atoms with Gasteiger partial charge in [0.15, 0.2) is 0 Å². The van der Waals surface area contributed by atoms with E-state index in [0.717, 1.165) is 6.42 Å². The molecular formula is C14H19N5O2. The van der Waals surface area contributed by atoms with Gasteiger partial charge < -0.3 is 10.4 Å². The number of hydrogen-bond donors (Lipinski definition) is 2. The lowest BCUT2D eigenvalue weighted by atomic mass is 10.0. The van der Waals surface area contributed by atoms with Crippen molar-refractivity contribution in [3.63, 3.8) is 0 Å². The Kier molecular flexibility index (Phi) is 4.99. The van der Waals surface area contributed by atoms with E-state index in [9.17, 15) is 9.90 Å². The van der Waals surface area contributed by atoms with Gasteiger partial charge in [-0.25, -0.2) is 4.68 Å². The molecule has 7 nitrogen and oxygen atoms in total. The normalized spacial score (nSPS) is 12.4. The maximum absolute atomic E-state index is 12.2. The second-order valence-electron chi connectivity index (χ2n) is 5.29. The number of carbonyl (C=O) groups is 1. The maximum Gasteiger partial charge on any atom is 0.251 e. The zero-order valence-corrected chi connectivity index (χ0v) is 12.1. The lowest BCUT2D eigenvalue weighted by Gasteiger charge is -2.18. The highest BCUT2D eigenvalue weighted by Crippen LogP contribution is 2.10. The highest BCUT2D eigenvalue weighted by atomic mass is 16.3. The lowest BCUT2D eigenvalue weighted by molar-refractivity contribution is 0.0908. The molecule has 0 saturated heterocycles. The van der Waals surface area contributed by atoms with Crippen molar-refractivity contribution in [2.24, 2.45) is 5.92 Å². The van der Waals surface area contributed by atoms with E-state index in [1.54, 1.807) is 18.2 Å². The standard InChI is InChI=1S/C14H19N5O2/c1-10(2)6-12(8-20)16-14(21)11-4-3-5-13(7-11)19-9-15-17-18-19/h3-5,7,9-10,12,20H,6,8H2,1-2H3,(H,16,21). The molecule has 0 radical (unpaired) electrons. The fourth-order valence-electron chi connectivity index (χ4n) is 2.09. The number of rotatable bonds is 6. The van der Waals surface area contributed by atoms with Gasteiger partial charge in [0.05, 0.1) is 18.3 Å². The molecule has 0 aliphatic heterocycles. The van der Waals surface area contributed by atoms with E-state index in [4.69, 9.17) is 0 Å². The Morgan fingerprint density at radius 3 is 2.86 bits per heavy atom. The Bertz CT molecular complexity index is 583. The molecule has 0 aliphatic carbocycles. The van der Waals surface area contributed by atoms with Gasteiger partial charge in [0.25, 0.3) is 5.91 Å². The van der Waals surface area contributed by atoms with Gasteiger partial charge in [-0.3, -0.25) is 4.79 Å². The van der Waals surface area contributed by atoms with E-state index in [1.165, 1.54) is 11.0 Å². The van der Waals surface area contributed by atoms with Crippen LogP contribution in [-0.2, 0) is 0 Å². The molecule has 2 aromatic rings. The van der Waals surface area contributed by atoms with Gasteiger partial charge in [-0.1, -0.05) is 19.9 Å². The lowest BCUT2D eigenvalue weighted by Crippen LogP contribution is -2.38. The highest BCUT2D eigenvalue weighted by Gasteiger charge is 2.15. The molecule has 1 unspecified atom stereocenters. The molecular weight excluding hydrogens is 270 g/mol. The van der Waals surface area contributed by atoms with E-state index < -0.39 is 0 Å². The second kappa shape index (κ2) is 6.94. The topological polar surface area (TPSA) is 92.9 Å². The molecule has 2 N–H and O–H groups in total. The van der Waals surface area contributed by atoms with Crippen molar-refractivity contribution in [3.8, 4) is 5.69 Å². The minimum atomic E-state index is -0.241. The molecule has 1 aromatic heterocycles. The van der Waals surface area contributed by atoms with E-state index in [-0.39, 0.29) is 18.6 Å². The van der Waals surface area contributed by atoms with Crippen LogP contribution < -0.4 is 5.32 Å². The molecule has 0 spiro atoms. The third-order valence-corrected chi connectivity index (χ3v) is 3.03. The molecule has 0 bridgehead atoms. The van der Waals surface area contributed by atoms with Crippen LogP contribution in [0.3, 0.4) is 0 Å². The van der Waals surface area contributed by atoms with Crippen molar-refractivity contribution in [1.82, 2.24) is 25.5 Å². The summed E-state index contributed by atoms with van der Waals surface area (Å²) in [5.74, 6) is 0.180. The van der Waals surface area contributed by atoms with E-state index in [2.05, 4.69) is 20.8 Å². The van der Waals surface area contributed by atoms with E-state index in [0.29, 0.717) is 17.2 Å². The molecule has 0 fully saturated rings. The fraction of sp³-hybridized carbons (Fsp3) is 0.429. The number of amides is 1. The number of aliphatic hydroxyl groups excluding tert-OH is 1. The minimum absolute atomic E-state index is 0.0728. The molecule has 1 aromatic carbocycles. The predicted molar refractivity (Wildman–Crippen MR) is 76.9 cm³/mol. The zero-order valence-electron chi connectivity index (χ0n) is 12.1. The summed E-state index contributed by atoms with van der Waals surface area (Å²) >= 11 is 0. The first kappa shape index (κ1) is 15.1. The van der Waals surface area contributed by atoms with Gasteiger partial charge in [0.1, 0.15) is 6.33 Å². The molecule has 112 valence electrons. The van der Waals surface area contributed by atoms with E-state index >= 15 is 0 Å². The van der Waals surface area contributed by atoms with Crippen LogP contribution in [0.1, 0.15) is 30.6 Å². The summed E-state index contributed by atoms with van der Waals surface area (Å²) in [6.07, 6.45) is 2.20. The Morgan fingerprint density at radius 2 is 2.24 bits per heavy atom. The Balaban J connectivity index is 2.10. The van der Waals surface area contributed by atoms with Crippen molar-refractivity contribution in [1.29, 1.82) is 0 Å². The van der Waals surface area contributed by atoms with Gasteiger partial charge in [-0.05, 0) is 41.0 Å². The number of nitrogens with zero attached hydrogens (tertiary/aromatic N) is 4. The van der Waals surface area contributed by atoms with Gasteiger partial charge in [-0.2, -0.15) is 0 Å². The first-order valence-electron chi connectivity index (χ1n) is 6.85. The van der Waals surface area contributed by atoms with Crippen molar-refractivity contribution >= 4 is 5.91 Å².